The maximum atomic E-state index is 11.2. The average molecular weight is 229 g/mol. The molecule has 0 aliphatic rings. The zero-order valence-corrected chi connectivity index (χ0v) is 9.21. The molecular formula is C8H11N3O3S. The number of hydrogen-bond acceptors (Lipinski definition) is 4. The predicted octanol–water partition coefficient (Wildman–Crippen LogP) is -0.130. The Morgan fingerprint density at radius 1 is 1.67 bits per heavy atom. The SMILES string of the molecule is COC(=O)NCC(=O)N=c1sccn1C. The lowest BCUT2D eigenvalue weighted by Crippen LogP contribution is -2.29. The normalized spacial score (nSPS) is 11.2. The van der Waals surface area contributed by atoms with Crippen LogP contribution in [-0.4, -0.2) is 30.2 Å². The second-order valence-corrected chi connectivity index (χ2v) is 3.52. The Bertz CT molecular complexity index is 421. The number of carbonyl (C=O) groups excluding carboxylic acids is 2. The van der Waals surface area contributed by atoms with E-state index in [2.05, 4.69) is 15.0 Å². The molecule has 0 saturated heterocycles. The Kier molecular flexibility index (Phi) is 4.04. The standard InChI is InChI=1S/C8H11N3O3S/c1-11-3-4-15-7(11)10-6(12)5-9-8(13)14-2/h3-4H,5H2,1-2H3,(H,9,13). The van der Waals surface area contributed by atoms with E-state index in [0.717, 1.165) is 0 Å². The van der Waals surface area contributed by atoms with E-state index in [9.17, 15) is 9.59 Å². The zero-order chi connectivity index (χ0) is 11.3. The summed E-state index contributed by atoms with van der Waals surface area (Å²) in [4.78, 5) is 26.3. The summed E-state index contributed by atoms with van der Waals surface area (Å²) in [5, 5.41) is 4.07. The van der Waals surface area contributed by atoms with Crippen molar-refractivity contribution in [3.63, 3.8) is 0 Å². The summed E-state index contributed by atoms with van der Waals surface area (Å²) < 4.78 is 6.04. The fourth-order valence-corrected chi connectivity index (χ4v) is 1.55. The third-order valence-corrected chi connectivity index (χ3v) is 2.40. The highest BCUT2D eigenvalue weighted by Crippen LogP contribution is 1.86. The largest absolute Gasteiger partial charge is 0.453 e. The predicted molar refractivity (Wildman–Crippen MR) is 54.3 cm³/mol. The Balaban J connectivity index is 2.57. The number of nitrogens with zero attached hydrogens (tertiary/aromatic N) is 2. The number of methoxy groups -OCH3 is 1. The maximum absolute atomic E-state index is 11.2. The monoisotopic (exact) mass is 229 g/mol. The highest BCUT2D eigenvalue weighted by molar-refractivity contribution is 7.07. The van der Waals surface area contributed by atoms with Gasteiger partial charge in [-0.15, -0.1) is 11.3 Å². The van der Waals surface area contributed by atoms with Crippen molar-refractivity contribution in [1.29, 1.82) is 0 Å². The van der Waals surface area contributed by atoms with Crippen LogP contribution in [-0.2, 0) is 16.6 Å². The van der Waals surface area contributed by atoms with Crippen molar-refractivity contribution >= 4 is 23.3 Å². The highest BCUT2D eigenvalue weighted by Gasteiger charge is 2.03. The molecule has 0 spiro atoms. The number of thiazole rings is 1. The summed E-state index contributed by atoms with van der Waals surface area (Å²) in [6.45, 7) is -0.162. The number of ether oxygens (including phenoxy) is 1. The minimum absolute atomic E-state index is 0.162. The van der Waals surface area contributed by atoms with Crippen LogP contribution in [0.15, 0.2) is 16.6 Å². The molecule has 1 rings (SSSR count). The van der Waals surface area contributed by atoms with Gasteiger partial charge in [0.25, 0.3) is 5.91 Å². The number of nitrogens with one attached hydrogen (secondary N) is 1. The molecule has 1 aromatic rings. The number of hydrogen-bond donors (Lipinski definition) is 1. The number of aromatic nitrogens is 1. The Morgan fingerprint density at radius 2 is 2.40 bits per heavy atom. The fourth-order valence-electron chi connectivity index (χ4n) is 0.801. The van der Waals surface area contributed by atoms with Gasteiger partial charge in [0, 0.05) is 18.6 Å². The molecule has 0 aliphatic carbocycles. The lowest BCUT2D eigenvalue weighted by molar-refractivity contribution is -0.117. The molecule has 0 saturated carbocycles. The molecule has 6 nitrogen and oxygen atoms in total. The molecule has 1 heterocycles. The maximum Gasteiger partial charge on any atom is 0.407 e. The zero-order valence-electron chi connectivity index (χ0n) is 8.39. The fraction of sp³-hybridized carbons (Fsp3) is 0.375. The van der Waals surface area contributed by atoms with Gasteiger partial charge in [-0.2, -0.15) is 4.99 Å². The molecule has 82 valence electrons. The van der Waals surface area contributed by atoms with Gasteiger partial charge in [-0.25, -0.2) is 4.79 Å². The topological polar surface area (TPSA) is 72.7 Å². The van der Waals surface area contributed by atoms with E-state index < -0.39 is 12.0 Å². The van der Waals surface area contributed by atoms with Crippen LogP contribution in [0.1, 0.15) is 0 Å². The molecule has 0 aliphatic heterocycles. The van der Waals surface area contributed by atoms with Crippen LogP contribution < -0.4 is 10.1 Å². The van der Waals surface area contributed by atoms with Crippen molar-refractivity contribution in [2.75, 3.05) is 13.7 Å². The van der Waals surface area contributed by atoms with Crippen LogP contribution in [0.25, 0.3) is 0 Å². The summed E-state index contributed by atoms with van der Waals surface area (Å²) >= 11 is 1.35. The Hall–Kier alpha value is -1.63. The Morgan fingerprint density at radius 3 is 2.93 bits per heavy atom. The summed E-state index contributed by atoms with van der Waals surface area (Å²) in [7, 11) is 3.02. The molecule has 0 radical (unpaired) electrons. The van der Waals surface area contributed by atoms with Gasteiger partial charge in [0.2, 0.25) is 0 Å². The van der Waals surface area contributed by atoms with Crippen LogP contribution in [0.3, 0.4) is 0 Å². The van der Waals surface area contributed by atoms with Crippen molar-refractivity contribution in [3.8, 4) is 0 Å². The van der Waals surface area contributed by atoms with Gasteiger partial charge in [-0.3, -0.25) is 4.79 Å². The molecule has 1 N–H and O–H groups in total. The first kappa shape index (κ1) is 11.4. The van der Waals surface area contributed by atoms with E-state index in [-0.39, 0.29) is 6.54 Å². The van der Waals surface area contributed by atoms with Gasteiger partial charge in [0.1, 0.15) is 6.54 Å². The molecule has 0 aromatic carbocycles. The number of amides is 2. The van der Waals surface area contributed by atoms with Crippen LogP contribution in [0, 0.1) is 0 Å². The third kappa shape index (κ3) is 3.55. The molecular weight excluding hydrogens is 218 g/mol. The van der Waals surface area contributed by atoms with E-state index in [1.165, 1.54) is 18.4 Å². The van der Waals surface area contributed by atoms with Crippen molar-refractivity contribution in [1.82, 2.24) is 9.88 Å². The highest BCUT2D eigenvalue weighted by atomic mass is 32.1. The number of carbonyl (C=O) groups is 2. The number of alkyl carbamates (subject to hydrolysis) is 1. The molecule has 0 bridgehead atoms. The smallest absolute Gasteiger partial charge is 0.407 e. The molecule has 0 atom stereocenters. The van der Waals surface area contributed by atoms with Gasteiger partial charge in [0.05, 0.1) is 7.11 Å². The molecule has 0 fully saturated rings. The second kappa shape index (κ2) is 5.30. The first-order valence-corrected chi connectivity index (χ1v) is 5.01. The van der Waals surface area contributed by atoms with Gasteiger partial charge >= 0.3 is 6.09 Å². The third-order valence-electron chi connectivity index (χ3n) is 1.55. The van der Waals surface area contributed by atoms with Gasteiger partial charge < -0.3 is 14.6 Å². The van der Waals surface area contributed by atoms with Gasteiger partial charge in [-0.05, 0) is 0 Å². The van der Waals surface area contributed by atoms with Crippen molar-refractivity contribution in [2.45, 2.75) is 0 Å². The van der Waals surface area contributed by atoms with E-state index >= 15 is 0 Å². The first-order valence-electron chi connectivity index (χ1n) is 4.13. The minimum atomic E-state index is -0.644. The quantitative estimate of drug-likeness (QED) is 0.767. The van der Waals surface area contributed by atoms with Crippen molar-refractivity contribution in [3.05, 3.63) is 16.4 Å². The minimum Gasteiger partial charge on any atom is -0.453 e. The molecule has 2 amide bonds. The van der Waals surface area contributed by atoms with Crippen molar-refractivity contribution < 1.29 is 14.3 Å². The Labute approximate surface area is 90.2 Å². The summed E-state index contributed by atoms with van der Waals surface area (Å²) in [6.07, 6.45) is 1.15. The summed E-state index contributed by atoms with van der Waals surface area (Å²) in [6, 6.07) is 0. The van der Waals surface area contributed by atoms with E-state index in [0.29, 0.717) is 4.80 Å². The molecule has 1 aromatic heterocycles. The molecule has 7 heteroatoms. The molecule has 15 heavy (non-hydrogen) atoms. The second-order valence-electron chi connectivity index (χ2n) is 2.65. The van der Waals surface area contributed by atoms with E-state index in [4.69, 9.17) is 0 Å². The van der Waals surface area contributed by atoms with E-state index in [1.807, 2.05) is 5.38 Å². The van der Waals surface area contributed by atoms with Crippen LogP contribution in [0.4, 0.5) is 4.79 Å². The first-order chi connectivity index (χ1) is 7.13. The van der Waals surface area contributed by atoms with E-state index in [1.54, 1.807) is 17.8 Å². The lowest BCUT2D eigenvalue weighted by Gasteiger charge is -1.98. The van der Waals surface area contributed by atoms with Crippen LogP contribution >= 0.6 is 11.3 Å². The van der Waals surface area contributed by atoms with Crippen molar-refractivity contribution in [2.24, 2.45) is 12.0 Å². The summed E-state index contributed by atoms with van der Waals surface area (Å²) in [5.74, 6) is -0.418. The van der Waals surface area contributed by atoms with Crippen LogP contribution in [0.5, 0.6) is 0 Å². The van der Waals surface area contributed by atoms with Crippen LogP contribution in [0.2, 0.25) is 0 Å². The summed E-state index contributed by atoms with van der Waals surface area (Å²) in [5.41, 5.74) is 0. The number of aryl methyl sites for hydroxylation is 1. The van der Waals surface area contributed by atoms with Gasteiger partial charge in [-0.1, -0.05) is 0 Å². The number of rotatable bonds is 2. The average Bonchev–Trinajstić information content (AvgIpc) is 2.61. The van der Waals surface area contributed by atoms with Gasteiger partial charge in [0.15, 0.2) is 4.80 Å². The lowest BCUT2D eigenvalue weighted by atomic mass is 10.6. The molecule has 0 unspecified atom stereocenters.